The van der Waals surface area contributed by atoms with Gasteiger partial charge in [0.15, 0.2) is 9.84 Å². The molecule has 0 unspecified atom stereocenters. The molecule has 4 nitrogen and oxygen atoms in total. The molecule has 1 aromatic carbocycles. The number of carbonyl (C=O) groups is 1. The third-order valence-corrected chi connectivity index (χ3v) is 5.37. The highest BCUT2D eigenvalue weighted by atomic mass is 32.2. The minimum absolute atomic E-state index is 0.0735. The molecule has 1 N–H and O–H groups in total. The van der Waals surface area contributed by atoms with Crippen LogP contribution in [-0.2, 0) is 21.1 Å². The van der Waals surface area contributed by atoms with Crippen molar-refractivity contribution in [2.24, 2.45) is 5.92 Å². The van der Waals surface area contributed by atoms with Crippen LogP contribution in [0, 0.1) is 5.92 Å². The predicted molar refractivity (Wildman–Crippen MR) is 74.9 cm³/mol. The zero-order valence-corrected chi connectivity index (χ0v) is 12.5. The second-order valence-electron chi connectivity index (χ2n) is 5.39. The molecule has 122 valence electrons. The molecule has 0 bridgehead atoms. The number of hydrogen-bond acceptors (Lipinski definition) is 3. The van der Waals surface area contributed by atoms with Crippen molar-refractivity contribution in [2.75, 3.05) is 11.5 Å². The Kier molecular flexibility index (Phi) is 4.79. The average molecular weight is 335 g/mol. The summed E-state index contributed by atoms with van der Waals surface area (Å²) >= 11 is 0. The summed E-state index contributed by atoms with van der Waals surface area (Å²) in [6.45, 7) is 0. The Hall–Kier alpha value is -1.57. The first-order chi connectivity index (χ1) is 10.2. The van der Waals surface area contributed by atoms with Crippen molar-refractivity contribution in [3.8, 4) is 0 Å². The summed E-state index contributed by atoms with van der Waals surface area (Å²) < 4.78 is 61.9. The molecule has 0 aliphatic carbocycles. The van der Waals surface area contributed by atoms with Crippen LogP contribution in [0.5, 0.6) is 0 Å². The van der Waals surface area contributed by atoms with Crippen molar-refractivity contribution < 1.29 is 26.4 Å². The molecule has 0 spiro atoms. The summed E-state index contributed by atoms with van der Waals surface area (Å²) in [6.07, 6.45) is -4.90. The number of rotatable bonds is 4. The molecule has 2 rings (SSSR count). The van der Waals surface area contributed by atoms with E-state index >= 15 is 0 Å². The summed E-state index contributed by atoms with van der Waals surface area (Å²) in [5.74, 6) is -2.28. The summed E-state index contributed by atoms with van der Waals surface area (Å²) in [5, 5.41) is 1.96. The first kappa shape index (κ1) is 16.8. The van der Waals surface area contributed by atoms with E-state index in [1.54, 1.807) is 30.3 Å². The summed E-state index contributed by atoms with van der Waals surface area (Å²) in [4.78, 5) is 11.9. The van der Waals surface area contributed by atoms with E-state index in [1.165, 1.54) is 0 Å². The Bertz CT molecular complexity index is 628. The second kappa shape index (κ2) is 6.28. The van der Waals surface area contributed by atoms with Crippen molar-refractivity contribution in [1.82, 2.24) is 5.32 Å². The Morgan fingerprint density at radius 1 is 1.27 bits per heavy atom. The van der Waals surface area contributed by atoms with Gasteiger partial charge in [0, 0.05) is 6.42 Å². The van der Waals surface area contributed by atoms with E-state index < -0.39 is 33.9 Å². The number of alkyl halides is 3. The largest absolute Gasteiger partial charge is 0.408 e. The third kappa shape index (κ3) is 4.46. The molecule has 0 aromatic heterocycles. The van der Waals surface area contributed by atoms with Crippen molar-refractivity contribution in [1.29, 1.82) is 0 Å². The molecule has 1 saturated heterocycles. The van der Waals surface area contributed by atoms with E-state index in [2.05, 4.69) is 0 Å². The SMILES string of the molecule is O=C(N[C@@H](Cc1ccccc1)C(F)(F)F)[C@H]1CCS(=O)(=O)C1. The fourth-order valence-corrected chi connectivity index (χ4v) is 4.13. The fraction of sp³-hybridized carbons (Fsp3) is 0.500. The maximum Gasteiger partial charge on any atom is 0.408 e. The topological polar surface area (TPSA) is 63.2 Å². The van der Waals surface area contributed by atoms with Crippen LogP contribution in [0.25, 0.3) is 0 Å². The lowest BCUT2D eigenvalue weighted by molar-refractivity contribution is -0.162. The summed E-state index contributed by atoms with van der Waals surface area (Å²) in [5.41, 5.74) is 0.448. The lowest BCUT2D eigenvalue weighted by atomic mass is 10.0. The van der Waals surface area contributed by atoms with Gasteiger partial charge in [0.05, 0.1) is 17.4 Å². The van der Waals surface area contributed by atoms with Crippen LogP contribution in [0.1, 0.15) is 12.0 Å². The van der Waals surface area contributed by atoms with Gasteiger partial charge in [0.2, 0.25) is 5.91 Å². The Morgan fingerprint density at radius 2 is 1.91 bits per heavy atom. The monoisotopic (exact) mass is 335 g/mol. The number of amides is 1. The zero-order chi connectivity index (χ0) is 16.4. The Balaban J connectivity index is 2.06. The number of halogens is 3. The van der Waals surface area contributed by atoms with E-state index in [-0.39, 0.29) is 24.3 Å². The Morgan fingerprint density at radius 3 is 2.41 bits per heavy atom. The second-order valence-corrected chi connectivity index (χ2v) is 7.62. The molecule has 22 heavy (non-hydrogen) atoms. The normalized spacial score (nSPS) is 22.2. The van der Waals surface area contributed by atoms with Crippen LogP contribution in [0.4, 0.5) is 13.2 Å². The van der Waals surface area contributed by atoms with Crippen LogP contribution in [0.2, 0.25) is 0 Å². The van der Waals surface area contributed by atoms with Gasteiger partial charge in [0.25, 0.3) is 0 Å². The molecule has 1 heterocycles. The highest BCUT2D eigenvalue weighted by Crippen LogP contribution is 2.25. The molecule has 1 amide bonds. The van der Waals surface area contributed by atoms with Gasteiger partial charge >= 0.3 is 6.18 Å². The number of benzene rings is 1. The van der Waals surface area contributed by atoms with Gasteiger partial charge in [0.1, 0.15) is 6.04 Å². The number of sulfone groups is 1. The molecule has 8 heteroatoms. The molecular weight excluding hydrogens is 319 g/mol. The van der Waals surface area contributed by atoms with E-state index in [0.717, 1.165) is 0 Å². The highest BCUT2D eigenvalue weighted by molar-refractivity contribution is 7.91. The fourth-order valence-electron chi connectivity index (χ4n) is 2.39. The molecule has 1 fully saturated rings. The van der Waals surface area contributed by atoms with Crippen molar-refractivity contribution >= 4 is 15.7 Å². The van der Waals surface area contributed by atoms with Crippen molar-refractivity contribution in [3.63, 3.8) is 0 Å². The van der Waals surface area contributed by atoms with Crippen LogP contribution >= 0.6 is 0 Å². The van der Waals surface area contributed by atoms with E-state index in [9.17, 15) is 26.4 Å². The maximum absolute atomic E-state index is 13.1. The first-order valence-corrected chi connectivity index (χ1v) is 8.61. The first-order valence-electron chi connectivity index (χ1n) is 6.79. The Labute approximate surface area is 126 Å². The summed E-state index contributed by atoms with van der Waals surface area (Å²) in [6, 6.07) is 6.00. The number of hydrogen-bond donors (Lipinski definition) is 1. The van der Waals surface area contributed by atoms with E-state index in [0.29, 0.717) is 5.56 Å². The van der Waals surface area contributed by atoms with Gasteiger partial charge in [-0.3, -0.25) is 4.79 Å². The minimum atomic E-state index is -4.59. The standard InChI is InChI=1S/C14H16F3NO3S/c15-14(16,17)12(8-10-4-2-1-3-5-10)18-13(19)11-6-7-22(20,21)9-11/h1-5,11-12H,6-9H2,(H,18,19)/t11-,12-/m0/s1. The summed E-state index contributed by atoms with van der Waals surface area (Å²) in [7, 11) is -3.31. The van der Waals surface area contributed by atoms with Gasteiger partial charge in [-0.05, 0) is 12.0 Å². The minimum Gasteiger partial charge on any atom is -0.344 e. The third-order valence-electron chi connectivity index (χ3n) is 3.60. The predicted octanol–water partition coefficient (Wildman–Crippen LogP) is 1.71. The molecule has 1 aliphatic heterocycles. The molecule has 0 radical (unpaired) electrons. The number of nitrogens with one attached hydrogen (secondary N) is 1. The number of carbonyl (C=O) groups excluding carboxylic acids is 1. The van der Waals surface area contributed by atoms with Gasteiger partial charge in [-0.15, -0.1) is 0 Å². The van der Waals surface area contributed by atoms with Gasteiger partial charge < -0.3 is 5.32 Å². The lowest BCUT2D eigenvalue weighted by Gasteiger charge is -2.23. The van der Waals surface area contributed by atoms with Crippen molar-refractivity contribution in [2.45, 2.75) is 25.1 Å². The zero-order valence-electron chi connectivity index (χ0n) is 11.6. The molecule has 2 atom stereocenters. The molecule has 1 aromatic rings. The quantitative estimate of drug-likeness (QED) is 0.911. The van der Waals surface area contributed by atoms with Crippen LogP contribution < -0.4 is 5.32 Å². The maximum atomic E-state index is 13.1. The van der Waals surface area contributed by atoms with Gasteiger partial charge in [-0.25, -0.2) is 8.42 Å². The van der Waals surface area contributed by atoms with Gasteiger partial charge in [-0.1, -0.05) is 30.3 Å². The molecule has 0 saturated carbocycles. The highest BCUT2D eigenvalue weighted by Gasteiger charge is 2.42. The van der Waals surface area contributed by atoms with E-state index in [4.69, 9.17) is 0 Å². The van der Waals surface area contributed by atoms with Crippen molar-refractivity contribution in [3.05, 3.63) is 35.9 Å². The average Bonchev–Trinajstić information content (AvgIpc) is 2.78. The van der Waals surface area contributed by atoms with Crippen LogP contribution in [-0.4, -0.2) is 38.0 Å². The molecular formula is C14H16F3NO3S. The smallest absolute Gasteiger partial charge is 0.344 e. The van der Waals surface area contributed by atoms with Gasteiger partial charge in [-0.2, -0.15) is 13.2 Å². The van der Waals surface area contributed by atoms with Crippen LogP contribution in [0.3, 0.4) is 0 Å². The lowest BCUT2D eigenvalue weighted by Crippen LogP contribution is -2.49. The van der Waals surface area contributed by atoms with E-state index in [1.807, 2.05) is 5.32 Å². The van der Waals surface area contributed by atoms with Crippen LogP contribution in [0.15, 0.2) is 30.3 Å². The molecule has 1 aliphatic rings.